The van der Waals surface area contributed by atoms with E-state index >= 15 is 0 Å². The molecule has 1 amide bonds. The Morgan fingerprint density at radius 2 is 2.08 bits per heavy atom. The molecule has 3 heterocycles. The van der Waals surface area contributed by atoms with E-state index in [1.54, 1.807) is 0 Å². The summed E-state index contributed by atoms with van der Waals surface area (Å²) < 4.78 is 0. The molecule has 1 atom stereocenters. The summed E-state index contributed by atoms with van der Waals surface area (Å²) in [5.41, 5.74) is 1.74. The second-order valence-corrected chi connectivity index (χ2v) is 7.50. The van der Waals surface area contributed by atoms with Crippen LogP contribution in [0, 0.1) is 5.92 Å². The molecule has 0 radical (unpaired) electrons. The molecule has 3 rings (SSSR count). The van der Waals surface area contributed by atoms with Crippen molar-refractivity contribution in [2.24, 2.45) is 5.92 Å². The van der Waals surface area contributed by atoms with Crippen molar-refractivity contribution in [2.75, 3.05) is 26.7 Å². The maximum absolute atomic E-state index is 12.7. The average molecular weight is 346 g/mol. The predicted octanol–water partition coefficient (Wildman–Crippen LogP) is 1.90. The number of nitrogens with zero attached hydrogens (tertiary/aromatic N) is 3. The van der Waals surface area contributed by atoms with Crippen molar-refractivity contribution >= 4 is 5.91 Å². The zero-order valence-electron chi connectivity index (χ0n) is 15.7. The van der Waals surface area contributed by atoms with E-state index in [2.05, 4.69) is 23.7 Å². The maximum atomic E-state index is 12.7. The number of nitrogens with one attached hydrogen (secondary N) is 1. The lowest BCUT2D eigenvalue weighted by molar-refractivity contribution is -0.137. The highest BCUT2D eigenvalue weighted by Gasteiger charge is 2.30. The van der Waals surface area contributed by atoms with Gasteiger partial charge in [0.2, 0.25) is 5.91 Å². The van der Waals surface area contributed by atoms with Crippen molar-refractivity contribution in [1.82, 2.24) is 19.8 Å². The summed E-state index contributed by atoms with van der Waals surface area (Å²) in [6, 6.07) is 0. The summed E-state index contributed by atoms with van der Waals surface area (Å²) in [6.45, 7) is 7.26. The highest BCUT2D eigenvalue weighted by Crippen LogP contribution is 2.27. The minimum atomic E-state index is -0.00464. The fourth-order valence-corrected chi connectivity index (χ4v) is 4.07. The van der Waals surface area contributed by atoms with Crippen molar-refractivity contribution in [1.29, 1.82) is 0 Å². The van der Waals surface area contributed by atoms with E-state index in [0.29, 0.717) is 13.1 Å². The first-order chi connectivity index (χ1) is 12.0. The molecule has 0 spiro atoms. The number of likely N-dealkylation sites (tertiary alicyclic amines) is 1. The second-order valence-electron chi connectivity index (χ2n) is 7.50. The number of carbonyl (C=O) groups excluding carboxylic acids is 1. The third kappa shape index (κ3) is 3.78. The average Bonchev–Trinajstić information content (AvgIpc) is 2.63. The Kier molecular flexibility index (Phi) is 5.57. The van der Waals surface area contributed by atoms with E-state index in [0.717, 1.165) is 62.3 Å². The van der Waals surface area contributed by atoms with Gasteiger partial charge in [-0.25, -0.2) is 4.98 Å². The van der Waals surface area contributed by atoms with Crippen LogP contribution in [0.5, 0.6) is 0 Å². The van der Waals surface area contributed by atoms with Crippen LogP contribution in [0.25, 0.3) is 0 Å². The van der Waals surface area contributed by atoms with Crippen LogP contribution in [0.15, 0.2) is 4.79 Å². The van der Waals surface area contributed by atoms with Crippen molar-refractivity contribution in [3.05, 3.63) is 27.4 Å². The van der Waals surface area contributed by atoms with Crippen LogP contribution >= 0.6 is 0 Å². The van der Waals surface area contributed by atoms with Gasteiger partial charge in [-0.1, -0.05) is 13.8 Å². The fraction of sp³-hybridized carbons (Fsp3) is 0.737. The molecule has 0 saturated carbocycles. The third-order valence-corrected chi connectivity index (χ3v) is 5.73. The Hall–Kier alpha value is -1.69. The molecular formula is C19H30N4O2. The van der Waals surface area contributed by atoms with Gasteiger partial charge in [-0.15, -0.1) is 0 Å². The smallest absolute Gasteiger partial charge is 0.255 e. The Labute approximate surface area is 149 Å². The Bertz CT molecular complexity index is 680. The van der Waals surface area contributed by atoms with Crippen LogP contribution in [-0.2, 0) is 17.8 Å². The number of hydrogen-bond donors (Lipinski definition) is 1. The van der Waals surface area contributed by atoms with Gasteiger partial charge in [-0.2, -0.15) is 0 Å². The number of likely N-dealkylation sites (N-methyl/N-ethyl adjacent to an activating group) is 1. The quantitative estimate of drug-likeness (QED) is 0.904. The van der Waals surface area contributed by atoms with E-state index in [4.69, 9.17) is 4.98 Å². The van der Waals surface area contributed by atoms with Crippen LogP contribution in [0.1, 0.15) is 62.5 Å². The lowest BCUT2D eigenvalue weighted by Crippen LogP contribution is -2.43. The van der Waals surface area contributed by atoms with Crippen LogP contribution in [0.3, 0.4) is 0 Å². The topological polar surface area (TPSA) is 69.3 Å². The summed E-state index contributed by atoms with van der Waals surface area (Å²) in [5.74, 6) is 1.29. The van der Waals surface area contributed by atoms with E-state index < -0.39 is 0 Å². The molecule has 1 saturated heterocycles. The summed E-state index contributed by atoms with van der Waals surface area (Å²) in [6.07, 6.45) is 4.55. The lowest BCUT2D eigenvalue weighted by Gasteiger charge is -2.34. The summed E-state index contributed by atoms with van der Waals surface area (Å²) in [7, 11) is 2.03. The number of aromatic amines is 1. The molecule has 0 aliphatic carbocycles. The molecule has 0 aromatic carbocycles. The largest absolute Gasteiger partial charge is 0.342 e. The van der Waals surface area contributed by atoms with Gasteiger partial charge >= 0.3 is 0 Å². The minimum Gasteiger partial charge on any atom is -0.342 e. The lowest BCUT2D eigenvalue weighted by atomic mass is 9.94. The number of fused-ring (bicyclic) bond motifs is 1. The summed E-state index contributed by atoms with van der Waals surface area (Å²) in [5, 5.41) is 0. The number of H-pyrrole nitrogens is 1. The van der Waals surface area contributed by atoms with E-state index in [1.807, 2.05) is 11.9 Å². The van der Waals surface area contributed by atoms with Gasteiger partial charge < -0.3 is 14.8 Å². The number of amides is 1. The molecule has 25 heavy (non-hydrogen) atoms. The van der Waals surface area contributed by atoms with Gasteiger partial charge in [0.15, 0.2) is 0 Å². The SMILES string of the molecule is CCC(CC)C(=O)N1CCC[C@@H](c2nc3c(c(=O)[nH]2)CN(C)CC3)C1. The Balaban J connectivity index is 1.79. The number of hydrogen-bond acceptors (Lipinski definition) is 4. The minimum absolute atomic E-state index is 0.00464. The summed E-state index contributed by atoms with van der Waals surface area (Å²) >= 11 is 0. The molecule has 1 fully saturated rings. The van der Waals surface area contributed by atoms with E-state index in [9.17, 15) is 9.59 Å². The molecule has 138 valence electrons. The molecular weight excluding hydrogens is 316 g/mol. The molecule has 0 bridgehead atoms. The molecule has 6 nitrogen and oxygen atoms in total. The molecule has 6 heteroatoms. The number of rotatable bonds is 4. The van der Waals surface area contributed by atoms with Crippen molar-refractivity contribution in [2.45, 2.75) is 58.4 Å². The Morgan fingerprint density at radius 3 is 2.80 bits per heavy atom. The first-order valence-electron chi connectivity index (χ1n) is 9.62. The number of carbonyl (C=O) groups is 1. The molecule has 1 N–H and O–H groups in total. The second kappa shape index (κ2) is 7.68. The van der Waals surface area contributed by atoms with Crippen LogP contribution in [-0.4, -0.2) is 52.4 Å². The number of piperidine rings is 1. The fourth-order valence-electron chi connectivity index (χ4n) is 4.07. The summed E-state index contributed by atoms with van der Waals surface area (Å²) in [4.78, 5) is 37.1. The first kappa shape index (κ1) is 18.1. The van der Waals surface area contributed by atoms with E-state index in [1.165, 1.54) is 0 Å². The molecule has 0 unspecified atom stereocenters. The van der Waals surface area contributed by atoms with Gasteiger partial charge in [-0.05, 0) is 32.7 Å². The van der Waals surface area contributed by atoms with Crippen LogP contribution in [0.2, 0.25) is 0 Å². The van der Waals surface area contributed by atoms with Crippen molar-refractivity contribution < 1.29 is 4.79 Å². The Morgan fingerprint density at radius 1 is 1.32 bits per heavy atom. The van der Waals surface area contributed by atoms with Gasteiger partial charge in [0, 0.05) is 44.4 Å². The van der Waals surface area contributed by atoms with E-state index in [-0.39, 0.29) is 23.3 Å². The molecule has 2 aliphatic rings. The maximum Gasteiger partial charge on any atom is 0.255 e. The predicted molar refractivity (Wildman–Crippen MR) is 97.5 cm³/mol. The van der Waals surface area contributed by atoms with Crippen LogP contribution < -0.4 is 5.56 Å². The molecule has 2 aliphatic heterocycles. The number of aromatic nitrogens is 2. The zero-order chi connectivity index (χ0) is 18.0. The highest BCUT2D eigenvalue weighted by molar-refractivity contribution is 5.78. The van der Waals surface area contributed by atoms with Gasteiger partial charge in [-0.3, -0.25) is 9.59 Å². The standard InChI is InChI=1S/C19H30N4O2/c1-4-13(5-2)19(25)23-9-6-7-14(11-23)17-20-16-8-10-22(3)12-15(16)18(24)21-17/h13-14H,4-12H2,1-3H3,(H,20,21,24)/t14-/m1/s1. The van der Waals surface area contributed by atoms with Gasteiger partial charge in [0.05, 0.1) is 11.3 Å². The third-order valence-electron chi connectivity index (χ3n) is 5.73. The van der Waals surface area contributed by atoms with Gasteiger partial charge in [0.25, 0.3) is 5.56 Å². The zero-order valence-corrected chi connectivity index (χ0v) is 15.7. The highest BCUT2D eigenvalue weighted by atomic mass is 16.2. The molecule has 1 aromatic rings. The van der Waals surface area contributed by atoms with Crippen molar-refractivity contribution in [3.8, 4) is 0 Å². The first-order valence-corrected chi connectivity index (χ1v) is 9.62. The van der Waals surface area contributed by atoms with Crippen LogP contribution in [0.4, 0.5) is 0 Å². The van der Waals surface area contributed by atoms with Gasteiger partial charge in [0.1, 0.15) is 5.82 Å². The monoisotopic (exact) mass is 346 g/mol. The molecule has 1 aromatic heterocycles. The van der Waals surface area contributed by atoms with Crippen molar-refractivity contribution in [3.63, 3.8) is 0 Å². The normalized spacial score (nSPS) is 21.4.